The smallest absolute Gasteiger partial charge is 0.307 e. The van der Waals surface area contributed by atoms with Crippen molar-refractivity contribution in [2.24, 2.45) is 28.6 Å². The van der Waals surface area contributed by atoms with Crippen molar-refractivity contribution in [1.29, 1.82) is 0 Å². The van der Waals surface area contributed by atoms with Gasteiger partial charge in [0, 0.05) is 25.0 Å². The van der Waals surface area contributed by atoms with Gasteiger partial charge in [0.1, 0.15) is 0 Å². The third-order valence-electron chi connectivity index (χ3n) is 5.42. The molecule has 1 aliphatic heterocycles. The number of nitrogens with zero attached hydrogens (tertiary/aromatic N) is 1. The molecule has 0 aromatic rings. The molecule has 1 aliphatic carbocycles. The highest BCUT2D eigenvalue weighted by Gasteiger charge is 2.66. The number of hydrogen-bond acceptors (Lipinski definition) is 3. The maximum absolute atomic E-state index is 12.7. The number of rotatable bonds is 4. The summed E-state index contributed by atoms with van der Waals surface area (Å²) in [6, 6.07) is 0. The predicted molar refractivity (Wildman–Crippen MR) is 90.2 cm³/mol. The van der Waals surface area contributed by atoms with Gasteiger partial charge in [-0.15, -0.1) is 0 Å². The minimum Gasteiger partial charge on any atom is -0.481 e. The molecule has 3 atom stereocenters. The molecule has 2 rings (SSSR count). The van der Waals surface area contributed by atoms with E-state index >= 15 is 0 Å². The maximum Gasteiger partial charge on any atom is 0.307 e. The van der Waals surface area contributed by atoms with Gasteiger partial charge in [-0.1, -0.05) is 34.6 Å². The minimum atomic E-state index is -0.885. The van der Waals surface area contributed by atoms with Crippen LogP contribution in [0.25, 0.3) is 0 Å². The Kier molecular flexibility index (Phi) is 4.98. The molecule has 2 amide bonds. The number of carbonyl (C=O) groups is 3. The Labute approximate surface area is 144 Å². The quantitative estimate of drug-likeness (QED) is 0.817. The van der Waals surface area contributed by atoms with Crippen molar-refractivity contribution < 1.29 is 19.5 Å². The fourth-order valence-corrected chi connectivity index (χ4v) is 3.69. The second-order valence-electron chi connectivity index (χ2n) is 8.87. The Morgan fingerprint density at radius 2 is 1.83 bits per heavy atom. The van der Waals surface area contributed by atoms with E-state index < -0.39 is 28.6 Å². The Balaban J connectivity index is 1.91. The van der Waals surface area contributed by atoms with Crippen LogP contribution in [0.3, 0.4) is 0 Å². The van der Waals surface area contributed by atoms with Crippen LogP contribution in [0.2, 0.25) is 0 Å². The molecule has 2 N–H and O–H groups in total. The molecule has 2 fully saturated rings. The molecular weight excluding hydrogens is 308 g/mol. The van der Waals surface area contributed by atoms with Crippen LogP contribution < -0.4 is 5.32 Å². The monoisotopic (exact) mass is 338 g/mol. The molecule has 1 unspecified atom stereocenters. The van der Waals surface area contributed by atoms with Crippen molar-refractivity contribution in [1.82, 2.24) is 10.2 Å². The Morgan fingerprint density at radius 3 is 2.33 bits per heavy atom. The summed E-state index contributed by atoms with van der Waals surface area (Å²) in [6.07, 6.45) is 1.87. The number of carboxylic acids is 1. The topological polar surface area (TPSA) is 86.7 Å². The summed E-state index contributed by atoms with van der Waals surface area (Å²) in [7, 11) is 0. The molecular formula is C18H30N2O4. The lowest BCUT2D eigenvalue weighted by molar-refractivity contribution is -0.142. The van der Waals surface area contributed by atoms with Crippen molar-refractivity contribution in [3.8, 4) is 0 Å². The summed E-state index contributed by atoms with van der Waals surface area (Å²) in [6.45, 7) is 11.2. The number of carboxylic acid groups (broad SMARTS) is 1. The van der Waals surface area contributed by atoms with Gasteiger partial charge in [-0.2, -0.15) is 0 Å². The van der Waals surface area contributed by atoms with Gasteiger partial charge in [-0.3, -0.25) is 14.4 Å². The molecule has 0 spiro atoms. The molecule has 0 aromatic heterocycles. The van der Waals surface area contributed by atoms with Crippen molar-refractivity contribution >= 4 is 17.8 Å². The molecule has 1 saturated carbocycles. The number of carbonyl (C=O) groups excluding carboxylic acids is 2. The molecule has 1 heterocycles. The van der Waals surface area contributed by atoms with Crippen LogP contribution in [-0.4, -0.2) is 47.4 Å². The zero-order valence-electron chi connectivity index (χ0n) is 15.4. The second kappa shape index (κ2) is 6.37. The van der Waals surface area contributed by atoms with Crippen LogP contribution in [0.15, 0.2) is 0 Å². The predicted octanol–water partition coefficient (Wildman–Crippen LogP) is 1.74. The Hall–Kier alpha value is -1.59. The van der Waals surface area contributed by atoms with Crippen molar-refractivity contribution in [2.45, 2.75) is 47.5 Å². The standard InChI is InChI=1S/C18H30N2O4/c1-17(2,3)16(24)19-9-11-7-6-8-20(10-11)14(21)12-13(15(22)23)18(12,4)5/h11-13H,6-10H2,1-5H3,(H,19,24)(H,22,23)/t11?,12-,13+/m0/s1. The number of nitrogens with one attached hydrogen (secondary N) is 1. The van der Waals surface area contributed by atoms with Crippen molar-refractivity contribution in [3.05, 3.63) is 0 Å². The molecule has 6 nitrogen and oxygen atoms in total. The lowest BCUT2D eigenvalue weighted by atomic mass is 9.93. The SMILES string of the molecule is CC(C)(C)C(=O)NCC1CCCN(C(=O)[C@@H]2[C@H](C(=O)O)C2(C)C)C1. The van der Waals surface area contributed by atoms with E-state index in [4.69, 9.17) is 0 Å². The largest absolute Gasteiger partial charge is 0.481 e. The van der Waals surface area contributed by atoms with E-state index in [1.807, 2.05) is 34.6 Å². The van der Waals surface area contributed by atoms with Gasteiger partial charge in [0.05, 0.1) is 11.8 Å². The summed E-state index contributed by atoms with van der Waals surface area (Å²) in [5.74, 6) is -1.67. The molecule has 24 heavy (non-hydrogen) atoms. The summed E-state index contributed by atoms with van der Waals surface area (Å²) >= 11 is 0. The molecule has 136 valence electrons. The normalized spacial score (nSPS) is 29.0. The second-order valence-corrected chi connectivity index (χ2v) is 8.87. The number of aliphatic carboxylic acids is 1. The third-order valence-corrected chi connectivity index (χ3v) is 5.42. The average Bonchev–Trinajstić information content (AvgIpc) is 3.06. The zero-order valence-corrected chi connectivity index (χ0v) is 15.4. The highest BCUT2D eigenvalue weighted by molar-refractivity contribution is 5.91. The summed E-state index contributed by atoms with van der Waals surface area (Å²) in [5, 5.41) is 12.2. The fraction of sp³-hybridized carbons (Fsp3) is 0.833. The van der Waals surface area contributed by atoms with Crippen LogP contribution in [0, 0.1) is 28.6 Å². The number of likely N-dealkylation sites (tertiary alicyclic amines) is 1. The molecule has 0 aromatic carbocycles. The highest BCUT2D eigenvalue weighted by atomic mass is 16.4. The van der Waals surface area contributed by atoms with Gasteiger partial charge >= 0.3 is 5.97 Å². The van der Waals surface area contributed by atoms with Crippen molar-refractivity contribution in [2.75, 3.05) is 19.6 Å². The van der Waals surface area contributed by atoms with Gasteiger partial charge in [0.25, 0.3) is 0 Å². The maximum atomic E-state index is 12.7. The lowest BCUT2D eigenvalue weighted by Gasteiger charge is -2.34. The summed E-state index contributed by atoms with van der Waals surface area (Å²) < 4.78 is 0. The molecule has 6 heteroatoms. The third kappa shape index (κ3) is 3.73. The first kappa shape index (κ1) is 18.7. The van der Waals surface area contributed by atoms with Crippen LogP contribution in [0.5, 0.6) is 0 Å². The molecule has 1 saturated heterocycles. The van der Waals surface area contributed by atoms with Gasteiger partial charge in [0.2, 0.25) is 11.8 Å². The molecule has 0 radical (unpaired) electrons. The van der Waals surface area contributed by atoms with Crippen LogP contribution in [0.4, 0.5) is 0 Å². The van der Waals surface area contributed by atoms with E-state index in [9.17, 15) is 19.5 Å². The van der Waals surface area contributed by atoms with E-state index in [1.54, 1.807) is 4.90 Å². The molecule has 0 bridgehead atoms. The first-order chi connectivity index (χ1) is 11.0. The van der Waals surface area contributed by atoms with E-state index in [1.165, 1.54) is 0 Å². The first-order valence-corrected chi connectivity index (χ1v) is 8.76. The van der Waals surface area contributed by atoms with Gasteiger partial charge in [-0.25, -0.2) is 0 Å². The van der Waals surface area contributed by atoms with E-state index in [-0.39, 0.29) is 17.7 Å². The zero-order chi connectivity index (χ0) is 18.3. The van der Waals surface area contributed by atoms with E-state index in [0.29, 0.717) is 19.6 Å². The number of piperidine rings is 1. The first-order valence-electron chi connectivity index (χ1n) is 8.76. The summed E-state index contributed by atoms with van der Waals surface area (Å²) in [4.78, 5) is 37.8. The van der Waals surface area contributed by atoms with Crippen molar-refractivity contribution in [3.63, 3.8) is 0 Å². The van der Waals surface area contributed by atoms with E-state index in [0.717, 1.165) is 12.8 Å². The van der Waals surface area contributed by atoms with Gasteiger partial charge < -0.3 is 15.3 Å². The fourth-order valence-electron chi connectivity index (χ4n) is 3.69. The number of amides is 2. The van der Waals surface area contributed by atoms with Crippen LogP contribution in [0.1, 0.15) is 47.5 Å². The van der Waals surface area contributed by atoms with Gasteiger partial charge in [-0.05, 0) is 24.2 Å². The van der Waals surface area contributed by atoms with Gasteiger partial charge in [0.15, 0.2) is 0 Å². The molecule has 2 aliphatic rings. The average molecular weight is 338 g/mol. The van der Waals surface area contributed by atoms with E-state index in [2.05, 4.69) is 5.32 Å². The van der Waals surface area contributed by atoms with Crippen LogP contribution in [-0.2, 0) is 14.4 Å². The minimum absolute atomic E-state index is 0.0141. The number of hydrogen-bond donors (Lipinski definition) is 2. The summed E-state index contributed by atoms with van der Waals surface area (Å²) in [5.41, 5.74) is -0.882. The van der Waals surface area contributed by atoms with Crippen LogP contribution >= 0.6 is 0 Å². The Bertz CT molecular complexity index is 536. The highest BCUT2D eigenvalue weighted by Crippen LogP contribution is 2.59. The lowest BCUT2D eigenvalue weighted by Crippen LogP contribution is -2.46. The Morgan fingerprint density at radius 1 is 1.21 bits per heavy atom.